The molecule has 136 valence electrons. The van der Waals surface area contributed by atoms with Gasteiger partial charge in [0.1, 0.15) is 0 Å². The fourth-order valence-corrected chi connectivity index (χ4v) is 4.06. The van der Waals surface area contributed by atoms with Crippen LogP contribution < -0.4 is 0 Å². The van der Waals surface area contributed by atoms with Crippen molar-refractivity contribution in [2.24, 2.45) is 0 Å². The third-order valence-electron chi connectivity index (χ3n) is 4.13. The first-order valence-electron chi connectivity index (χ1n) is 8.62. The third kappa shape index (κ3) is 6.07. The van der Waals surface area contributed by atoms with Gasteiger partial charge in [-0.3, -0.25) is 0 Å². The Bertz CT molecular complexity index is 589. The van der Waals surface area contributed by atoms with Gasteiger partial charge in [-0.05, 0) is 49.2 Å². The van der Waals surface area contributed by atoms with E-state index >= 15 is 0 Å². The largest absolute Gasteiger partial charge is 0.393 e. The lowest BCUT2D eigenvalue weighted by Gasteiger charge is -2.26. The molecule has 2 N–H and O–H groups in total. The van der Waals surface area contributed by atoms with Gasteiger partial charge in [0.25, 0.3) is 0 Å². The van der Waals surface area contributed by atoms with Crippen LogP contribution in [0.3, 0.4) is 0 Å². The Labute approximate surface area is 160 Å². The zero-order valence-electron chi connectivity index (χ0n) is 15.4. The van der Waals surface area contributed by atoms with E-state index in [1.165, 1.54) is 20.9 Å². The van der Waals surface area contributed by atoms with Gasteiger partial charge in [-0.15, -0.1) is 23.5 Å². The van der Waals surface area contributed by atoms with Crippen LogP contribution in [0.4, 0.5) is 0 Å². The van der Waals surface area contributed by atoms with Crippen LogP contribution in [0, 0.1) is 0 Å². The fraction of sp³-hybridized carbons (Fsp3) is 0.429. The molecule has 2 nitrogen and oxygen atoms in total. The van der Waals surface area contributed by atoms with Gasteiger partial charge in [0.2, 0.25) is 0 Å². The van der Waals surface area contributed by atoms with E-state index in [0.717, 1.165) is 0 Å². The first-order valence-corrected chi connectivity index (χ1v) is 10.6. The summed E-state index contributed by atoms with van der Waals surface area (Å²) in [6, 6.07) is 17.3. The summed E-state index contributed by atoms with van der Waals surface area (Å²) >= 11 is 3.36. The molecule has 2 aromatic carbocycles. The lowest BCUT2D eigenvalue weighted by atomic mass is 9.78. The minimum absolute atomic E-state index is 0.0685. The number of hydrogen-bond donors (Lipinski definition) is 2. The van der Waals surface area contributed by atoms with Crippen molar-refractivity contribution in [3.63, 3.8) is 0 Å². The molecular formula is C21H28O2S2. The van der Waals surface area contributed by atoms with E-state index < -0.39 is 0 Å². The molecular weight excluding hydrogens is 348 g/mol. The van der Waals surface area contributed by atoms with Crippen molar-refractivity contribution in [1.82, 2.24) is 0 Å². The Morgan fingerprint density at radius 3 is 1.32 bits per heavy atom. The Kier molecular flexibility index (Phi) is 7.44. The normalized spacial score (nSPS) is 14.3. The molecule has 0 aromatic heterocycles. The highest BCUT2D eigenvalue weighted by atomic mass is 32.2. The van der Waals surface area contributed by atoms with Gasteiger partial charge in [-0.25, -0.2) is 0 Å². The van der Waals surface area contributed by atoms with E-state index in [1.807, 2.05) is 13.8 Å². The average Bonchev–Trinajstić information content (AvgIpc) is 2.59. The van der Waals surface area contributed by atoms with Crippen molar-refractivity contribution in [3.8, 4) is 0 Å². The van der Waals surface area contributed by atoms with Gasteiger partial charge in [0, 0.05) is 26.7 Å². The lowest BCUT2D eigenvalue weighted by Crippen LogP contribution is -2.18. The van der Waals surface area contributed by atoms with Crippen molar-refractivity contribution >= 4 is 23.5 Å². The average molecular weight is 377 g/mol. The number of thioether (sulfide) groups is 2. The molecule has 2 aromatic rings. The molecule has 0 aliphatic carbocycles. The molecule has 2 atom stereocenters. The molecule has 0 aliphatic heterocycles. The molecule has 0 spiro atoms. The molecule has 0 bridgehead atoms. The summed E-state index contributed by atoms with van der Waals surface area (Å²) in [5.41, 5.74) is 2.48. The van der Waals surface area contributed by atoms with E-state index in [-0.39, 0.29) is 17.6 Å². The SMILES string of the molecule is CC(O)CSc1ccc(C(C)(C)c2ccc(SCC(C)O)cc2)cc1. The minimum Gasteiger partial charge on any atom is -0.393 e. The zero-order valence-corrected chi connectivity index (χ0v) is 17.0. The number of hydrogen-bond acceptors (Lipinski definition) is 4. The molecule has 0 amide bonds. The van der Waals surface area contributed by atoms with E-state index in [4.69, 9.17) is 0 Å². The molecule has 0 radical (unpaired) electrons. The quantitative estimate of drug-likeness (QED) is 0.639. The Balaban J connectivity index is 2.09. The molecule has 2 rings (SSSR count). The van der Waals surface area contributed by atoms with Crippen molar-refractivity contribution in [2.75, 3.05) is 11.5 Å². The molecule has 4 heteroatoms. The monoisotopic (exact) mass is 376 g/mol. The van der Waals surface area contributed by atoms with Crippen LogP contribution in [0.15, 0.2) is 58.3 Å². The lowest BCUT2D eigenvalue weighted by molar-refractivity contribution is 0.220. The Morgan fingerprint density at radius 2 is 1.04 bits per heavy atom. The first kappa shape index (κ1) is 20.4. The summed E-state index contributed by atoms with van der Waals surface area (Å²) in [7, 11) is 0. The summed E-state index contributed by atoms with van der Waals surface area (Å²) in [4.78, 5) is 2.37. The van der Waals surface area contributed by atoms with Crippen LogP contribution in [-0.4, -0.2) is 33.9 Å². The third-order valence-corrected chi connectivity index (χ3v) is 6.64. The topological polar surface area (TPSA) is 40.5 Å². The van der Waals surface area contributed by atoms with Crippen LogP contribution in [-0.2, 0) is 5.41 Å². The second-order valence-electron chi connectivity index (χ2n) is 6.99. The molecule has 25 heavy (non-hydrogen) atoms. The Morgan fingerprint density at radius 1 is 0.720 bits per heavy atom. The van der Waals surface area contributed by atoms with Crippen molar-refractivity contribution in [3.05, 3.63) is 59.7 Å². The maximum Gasteiger partial charge on any atom is 0.0606 e. The van der Waals surface area contributed by atoms with Crippen LogP contribution >= 0.6 is 23.5 Å². The molecule has 0 saturated carbocycles. The van der Waals surface area contributed by atoms with Crippen LogP contribution in [0.1, 0.15) is 38.8 Å². The van der Waals surface area contributed by atoms with Gasteiger partial charge in [0.05, 0.1) is 12.2 Å². The van der Waals surface area contributed by atoms with Crippen LogP contribution in [0.5, 0.6) is 0 Å². The molecule has 0 saturated heterocycles. The van der Waals surface area contributed by atoms with E-state index in [1.54, 1.807) is 23.5 Å². The van der Waals surface area contributed by atoms with Crippen LogP contribution in [0.25, 0.3) is 0 Å². The van der Waals surface area contributed by atoms with E-state index in [9.17, 15) is 10.2 Å². The van der Waals surface area contributed by atoms with E-state index in [2.05, 4.69) is 62.4 Å². The Hall–Kier alpha value is -0.940. The van der Waals surface area contributed by atoms with Gasteiger partial charge < -0.3 is 10.2 Å². The number of rotatable bonds is 8. The molecule has 0 fully saturated rings. The minimum atomic E-state index is -0.286. The second-order valence-corrected chi connectivity index (χ2v) is 9.18. The molecule has 0 aliphatic rings. The highest BCUT2D eigenvalue weighted by molar-refractivity contribution is 7.99. The summed E-state index contributed by atoms with van der Waals surface area (Å²) in [5, 5.41) is 18.8. The van der Waals surface area contributed by atoms with Crippen molar-refractivity contribution in [1.29, 1.82) is 0 Å². The fourth-order valence-electron chi connectivity index (χ4n) is 2.54. The second kappa shape index (κ2) is 9.13. The van der Waals surface area contributed by atoms with Gasteiger partial charge >= 0.3 is 0 Å². The maximum absolute atomic E-state index is 9.40. The summed E-state index contributed by atoms with van der Waals surface area (Å²) in [5.74, 6) is 1.43. The highest BCUT2D eigenvalue weighted by Crippen LogP contribution is 2.34. The number of aliphatic hydroxyl groups is 2. The smallest absolute Gasteiger partial charge is 0.0606 e. The highest BCUT2D eigenvalue weighted by Gasteiger charge is 2.23. The molecule has 2 unspecified atom stereocenters. The predicted molar refractivity (Wildman–Crippen MR) is 110 cm³/mol. The van der Waals surface area contributed by atoms with Gasteiger partial charge in [0.15, 0.2) is 0 Å². The van der Waals surface area contributed by atoms with Gasteiger partial charge in [-0.2, -0.15) is 0 Å². The summed E-state index contributed by atoms with van der Waals surface area (Å²) in [6.45, 7) is 8.10. The number of aliphatic hydroxyl groups excluding tert-OH is 2. The van der Waals surface area contributed by atoms with Crippen LogP contribution in [0.2, 0.25) is 0 Å². The maximum atomic E-state index is 9.40. The summed E-state index contributed by atoms with van der Waals surface area (Å²) in [6.07, 6.45) is -0.572. The predicted octanol–water partition coefficient (Wildman–Crippen LogP) is 4.96. The summed E-state index contributed by atoms with van der Waals surface area (Å²) < 4.78 is 0. The van der Waals surface area contributed by atoms with E-state index in [0.29, 0.717) is 11.5 Å². The van der Waals surface area contributed by atoms with Gasteiger partial charge in [-0.1, -0.05) is 38.1 Å². The first-order chi connectivity index (χ1) is 11.8. The van der Waals surface area contributed by atoms with Crippen molar-refractivity contribution < 1.29 is 10.2 Å². The standard InChI is InChI=1S/C21H28O2S2/c1-15(22)13-24-19-9-5-17(6-10-19)21(3,4)18-7-11-20(12-8-18)25-14-16(2)23/h5-12,15-16,22-23H,13-14H2,1-4H3. The van der Waals surface area contributed by atoms with Crippen molar-refractivity contribution in [2.45, 2.75) is 55.1 Å². The zero-order chi connectivity index (χ0) is 18.4. The number of benzene rings is 2. The molecule has 0 heterocycles.